The van der Waals surface area contributed by atoms with Crippen LogP contribution in [0.5, 0.6) is 5.75 Å². The summed E-state index contributed by atoms with van der Waals surface area (Å²) in [5.41, 5.74) is 5.29. The number of nitrogens with zero attached hydrogens (tertiary/aromatic N) is 1. The monoisotopic (exact) mass is 142 g/mol. The zero-order valence-electron chi connectivity index (χ0n) is 5.43. The van der Waals surface area contributed by atoms with Crippen molar-refractivity contribution in [3.05, 3.63) is 17.6 Å². The van der Waals surface area contributed by atoms with E-state index in [9.17, 15) is 4.39 Å². The van der Waals surface area contributed by atoms with E-state index < -0.39 is 5.82 Å². The second kappa shape index (κ2) is 2.13. The maximum absolute atomic E-state index is 12.5. The summed E-state index contributed by atoms with van der Waals surface area (Å²) in [4.78, 5) is 3.39. The maximum Gasteiger partial charge on any atom is 0.166 e. The lowest BCUT2D eigenvalue weighted by molar-refractivity contribution is 0.462. The molecule has 0 aliphatic rings. The van der Waals surface area contributed by atoms with Gasteiger partial charge in [0, 0.05) is 5.56 Å². The third kappa shape index (κ3) is 0.877. The molecule has 0 amide bonds. The topological polar surface area (TPSA) is 59.1 Å². The first kappa shape index (κ1) is 6.80. The smallest absolute Gasteiger partial charge is 0.166 e. The summed E-state index contributed by atoms with van der Waals surface area (Å²) < 4.78 is 12.5. The fraction of sp³-hybridized carbons (Fsp3) is 0.167. The number of hydrogen-bond acceptors (Lipinski definition) is 3. The van der Waals surface area contributed by atoms with Gasteiger partial charge in [0.1, 0.15) is 5.82 Å². The fourth-order valence-electron chi connectivity index (χ4n) is 0.589. The zero-order chi connectivity index (χ0) is 7.72. The van der Waals surface area contributed by atoms with E-state index in [1.165, 1.54) is 6.92 Å². The molecule has 0 radical (unpaired) electrons. The molecule has 0 fully saturated rings. The molecule has 54 valence electrons. The van der Waals surface area contributed by atoms with Gasteiger partial charge in [-0.05, 0) is 6.92 Å². The number of nitrogens with two attached hydrogens (primary N) is 1. The summed E-state index contributed by atoms with van der Waals surface area (Å²) in [6.45, 7) is 1.43. The van der Waals surface area contributed by atoms with Crippen LogP contribution >= 0.6 is 0 Å². The van der Waals surface area contributed by atoms with E-state index in [0.29, 0.717) is 0 Å². The first-order valence-corrected chi connectivity index (χ1v) is 2.72. The largest absolute Gasteiger partial charge is 0.504 e. The molecule has 0 spiro atoms. The van der Waals surface area contributed by atoms with Crippen LogP contribution in [0.2, 0.25) is 0 Å². The Hall–Kier alpha value is -1.32. The molecular formula is C6H7FN2O. The standard InChI is InChI=1S/C6H7FN2O/c1-3-4(7)2-9-6(8)5(3)10/h2,10H,1H3,(H2,8,9). The molecule has 1 aromatic rings. The first-order valence-electron chi connectivity index (χ1n) is 2.72. The second-order valence-electron chi connectivity index (χ2n) is 1.96. The quantitative estimate of drug-likeness (QED) is 0.563. The maximum atomic E-state index is 12.5. The van der Waals surface area contributed by atoms with Crippen LogP contribution in [0.1, 0.15) is 5.56 Å². The summed E-state index contributed by atoms with van der Waals surface area (Å²) in [6, 6.07) is 0. The normalized spacial score (nSPS) is 9.80. The first-order chi connectivity index (χ1) is 4.63. The number of halogens is 1. The molecule has 3 nitrogen and oxygen atoms in total. The van der Waals surface area contributed by atoms with Gasteiger partial charge < -0.3 is 10.8 Å². The van der Waals surface area contributed by atoms with Crippen molar-refractivity contribution >= 4 is 5.82 Å². The van der Waals surface area contributed by atoms with Crippen LogP contribution in [0.3, 0.4) is 0 Å². The SMILES string of the molecule is Cc1c(F)cnc(N)c1O. The Morgan fingerprint density at radius 2 is 2.30 bits per heavy atom. The molecule has 1 heterocycles. The predicted octanol–water partition coefficient (Wildman–Crippen LogP) is 0.817. The summed E-state index contributed by atoms with van der Waals surface area (Å²) in [6.07, 6.45) is 0.977. The lowest BCUT2D eigenvalue weighted by Crippen LogP contribution is -1.94. The van der Waals surface area contributed by atoms with Gasteiger partial charge in [-0.15, -0.1) is 0 Å². The van der Waals surface area contributed by atoms with Crippen LogP contribution in [0.4, 0.5) is 10.2 Å². The highest BCUT2D eigenvalue weighted by Crippen LogP contribution is 2.22. The Labute approximate surface area is 57.3 Å². The van der Waals surface area contributed by atoms with Crippen molar-refractivity contribution in [2.75, 3.05) is 5.73 Å². The van der Waals surface area contributed by atoms with E-state index in [1.54, 1.807) is 0 Å². The van der Waals surface area contributed by atoms with Gasteiger partial charge in [-0.25, -0.2) is 9.37 Å². The van der Waals surface area contributed by atoms with Crippen molar-refractivity contribution in [2.45, 2.75) is 6.92 Å². The van der Waals surface area contributed by atoms with Gasteiger partial charge in [-0.1, -0.05) is 0 Å². The number of hydrogen-bond donors (Lipinski definition) is 2. The highest BCUT2D eigenvalue weighted by molar-refractivity contribution is 5.49. The van der Waals surface area contributed by atoms with Crippen molar-refractivity contribution in [2.24, 2.45) is 0 Å². The number of anilines is 1. The van der Waals surface area contributed by atoms with Crippen LogP contribution in [0, 0.1) is 12.7 Å². The van der Waals surface area contributed by atoms with Crippen LogP contribution in [0.15, 0.2) is 6.20 Å². The van der Waals surface area contributed by atoms with E-state index >= 15 is 0 Å². The Bertz CT molecular complexity index is 235. The highest BCUT2D eigenvalue weighted by atomic mass is 19.1. The number of aromatic nitrogens is 1. The zero-order valence-corrected chi connectivity index (χ0v) is 5.43. The minimum absolute atomic E-state index is 0.0427. The highest BCUT2D eigenvalue weighted by Gasteiger charge is 2.05. The second-order valence-corrected chi connectivity index (χ2v) is 1.96. The summed E-state index contributed by atoms with van der Waals surface area (Å²) >= 11 is 0. The van der Waals surface area contributed by atoms with Crippen molar-refractivity contribution in [3.8, 4) is 5.75 Å². The number of rotatable bonds is 0. The average Bonchev–Trinajstić information content (AvgIpc) is 1.93. The lowest BCUT2D eigenvalue weighted by Gasteiger charge is -2.00. The molecule has 0 aliphatic carbocycles. The Balaban J connectivity index is 3.34. The Morgan fingerprint density at radius 1 is 1.70 bits per heavy atom. The van der Waals surface area contributed by atoms with Gasteiger partial charge in [-0.2, -0.15) is 0 Å². The predicted molar refractivity (Wildman–Crippen MR) is 35.0 cm³/mol. The molecule has 0 atom stereocenters. The Kier molecular flexibility index (Phi) is 1.45. The molecule has 0 aliphatic heterocycles. The average molecular weight is 142 g/mol. The van der Waals surface area contributed by atoms with Gasteiger partial charge in [0.25, 0.3) is 0 Å². The van der Waals surface area contributed by atoms with Crippen LogP contribution in [-0.4, -0.2) is 10.1 Å². The van der Waals surface area contributed by atoms with E-state index in [0.717, 1.165) is 6.20 Å². The number of aromatic hydroxyl groups is 1. The number of pyridine rings is 1. The van der Waals surface area contributed by atoms with Crippen LogP contribution < -0.4 is 5.73 Å². The Morgan fingerprint density at radius 3 is 2.80 bits per heavy atom. The number of nitrogen functional groups attached to an aromatic ring is 1. The van der Waals surface area contributed by atoms with Crippen LogP contribution in [-0.2, 0) is 0 Å². The van der Waals surface area contributed by atoms with Gasteiger partial charge in [0.05, 0.1) is 6.20 Å². The van der Waals surface area contributed by atoms with E-state index in [-0.39, 0.29) is 17.1 Å². The van der Waals surface area contributed by atoms with E-state index in [1.807, 2.05) is 0 Å². The molecule has 0 saturated carbocycles. The van der Waals surface area contributed by atoms with E-state index in [4.69, 9.17) is 10.8 Å². The lowest BCUT2D eigenvalue weighted by atomic mass is 10.2. The fourth-order valence-corrected chi connectivity index (χ4v) is 0.589. The minimum atomic E-state index is -0.549. The van der Waals surface area contributed by atoms with Gasteiger partial charge in [0.15, 0.2) is 11.6 Å². The molecule has 10 heavy (non-hydrogen) atoms. The third-order valence-corrected chi connectivity index (χ3v) is 1.27. The van der Waals surface area contributed by atoms with Crippen LogP contribution in [0.25, 0.3) is 0 Å². The van der Waals surface area contributed by atoms with Gasteiger partial charge in [-0.3, -0.25) is 0 Å². The van der Waals surface area contributed by atoms with Crippen molar-refractivity contribution in [1.82, 2.24) is 4.98 Å². The molecule has 1 aromatic heterocycles. The molecule has 0 unspecified atom stereocenters. The molecule has 0 bridgehead atoms. The summed E-state index contributed by atoms with van der Waals surface area (Å²) in [5.74, 6) is -0.870. The molecular weight excluding hydrogens is 135 g/mol. The molecule has 0 aromatic carbocycles. The van der Waals surface area contributed by atoms with Crippen molar-refractivity contribution < 1.29 is 9.50 Å². The minimum Gasteiger partial charge on any atom is -0.504 e. The van der Waals surface area contributed by atoms with E-state index in [2.05, 4.69) is 4.98 Å². The van der Waals surface area contributed by atoms with Crippen molar-refractivity contribution in [3.63, 3.8) is 0 Å². The van der Waals surface area contributed by atoms with Gasteiger partial charge in [0.2, 0.25) is 0 Å². The molecule has 0 saturated heterocycles. The van der Waals surface area contributed by atoms with Gasteiger partial charge >= 0.3 is 0 Å². The molecule has 3 N–H and O–H groups in total. The molecule has 1 rings (SSSR count). The van der Waals surface area contributed by atoms with Crippen molar-refractivity contribution in [1.29, 1.82) is 0 Å². The third-order valence-electron chi connectivity index (χ3n) is 1.27. The molecule has 4 heteroatoms. The summed E-state index contributed by atoms with van der Waals surface area (Å²) in [7, 11) is 0. The summed E-state index contributed by atoms with van der Waals surface area (Å²) in [5, 5.41) is 8.96.